The van der Waals surface area contributed by atoms with Crippen molar-refractivity contribution >= 4 is 17.9 Å². The summed E-state index contributed by atoms with van der Waals surface area (Å²) in [4.78, 5) is 38.1. The van der Waals surface area contributed by atoms with Gasteiger partial charge < -0.3 is 14.2 Å². The molecule has 0 heterocycles. The number of esters is 3. The summed E-state index contributed by atoms with van der Waals surface area (Å²) in [5.41, 5.74) is 0. The van der Waals surface area contributed by atoms with Crippen molar-refractivity contribution in [3.05, 3.63) is 146 Å². The highest BCUT2D eigenvalue weighted by Gasteiger charge is 2.19. The summed E-state index contributed by atoms with van der Waals surface area (Å²) < 4.78 is 16.8. The first kappa shape index (κ1) is 70.3. The molecule has 0 saturated heterocycles. The van der Waals surface area contributed by atoms with Gasteiger partial charge in [-0.3, -0.25) is 14.4 Å². The molecule has 0 aromatic carbocycles. The van der Waals surface area contributed by atoms with Crippen molar-refractivity contribution in [3.8, 4) is 0 Å². The summed E-state index contributed by atoms with van der Waals surface area (Å²) in [6.45, 7) is 6.41. The van der Waals surface area contributed by atoms with Gasteiger partial charge in [-0.1, -0.05) is 231 Å². The molecule has 0 amide bonds. The zero-order chi connectivity index (χ0) is 54.3. The molecule has 0 saturated carbocycles. The van der Waals surface area contributed by atoms with E-state index in [1.807, 2.05) is 0 Å². The molecule has 422 valence electrons. The molecule has 0 aromatic rings. The van der Waals surface area contributed by atoms with Gasteiger partial charge in [-0.25, -0.2) is 0 Å². The van der Waals surface area contributed by atoms with E-state index in [1.54, 1.807) is 0 Å². The normalized spacial score (nSPS) is 13.2. The van der Waals surface area contributed by atoms with Crippen LogP contribution in [0.2, 0.25) is 0 Å². The molecule has 1 atom stereocenters. The van der Waals surface area contributed by atoms with Crippen LogP contribution in [-0.2, 0) is 28.6 Å². The lowest BCUT2D eigenvalue weighted by Gasteiger charge is -2.18. The zero-order valence-electron chi connectivity index (χ0n) is 48.3. The van der Waals surface area contributed by atoms with Crippen LogP contribution in [0.5, 0.6) is 0 Å². The van der Waals surface area contributed by atoms with E-state index in [0.717, 1.165) is 141 Å². The second-order valence-corrected chi connectivity index (χ2v) is 19.5. The van der Waals surface area contributed by atoms with Gasteiger partial charge in [0.25, 0.3) is 0 Å². The number of rotatable bonds is 53. The van der Waals surface area contributed by atoms with Crippen LogP contribution < -0.4 is 0 Å². The Hall–Kier alpha value is -4.71. The fraction of sp³-hybridized carbons (Fsp3) is 0.609. The van der Waals surface area contributed by atoms with Gasteiger partial charge in [0.1, 0.15) is 13.2 Å². The fourth-order valence-electron chi connectivity index (χ4n) is 7.75. The number of carbonyl (C=O) groups is 3. The SMILES string of the molecule is CC/C=C\C/C=C\C/C=C\C/C=C\C/C=C\C/C=C\C/C=C\C/C=C\C/C=C\C/C=C\CCCCC(=O)OCC(COC(=O)CCCCCCC/C=C\CCCCC)OC(=O)CCCCCCC/C=C\CCCCC. The zero-order valence-corrected chi connectivity index (χ0v) is 48.3. The Morgan fingerprint density at radius 1 is 0.280 bits per heavy atom. The summed E-state index contributed by atoms with van der Waals surface area (Å²) in [6.07, 6.45) is 88.6. The molecule has 0 spiro atoms. The number of ether oxygens (including phenoxy) is 3. The summed E-state index contributed by atoms with van der Waals surface area (Å²) in [6, 6.07) is 0. The van der Waals surface area contributed by atoms with Crippen LogP contribution in [-0.4, -0.2) is 37.2 Å². The quantitative estimate of drug-likeness (QED) is 0.0261. The van der Waals surface area contributed by atoms with Crippen molar-refractivity contribution in [1.29, 1.82) is 0 Å². The third-order valence-electron chi connectivity index (χ3n) is 12.3. The highest BCUT2D eigenvalue weighted by Crippen LogP contribution is 2.13. The van der Waals surface area contributed by atoms with Gasteiger partial charge in [-0.15, -0.1) is 0 Å². The second-order valence-electron chi connectivity index (χ2n) is 19.5. The van der Waals surface area contributed by atoms with E-state index in [2.05, 4.69) is 167 Å². The molecule has 0 aromatic heterocycles. The predicted octanol–water partition coefficient (Wildman–Crippen LogP) is 20.8. The lowest BCUT2D eigenvalue weighted by molar-refractivity contribution is -0.167. The number of hydrogen-bond donors (Lipinski definition) is 0. The minimum atomic E-state index is -0.808. The summed E-state index contributed by atoms with van der Waals surface area (Å²) in [5, 5.41) is 0. The Bertz CT molecular complexity index is 1660. The molecule has 0 aliphatic rings. The van der Waals surface area contributed by atoms with E-state index in [4.69, 9.17) is 14.2 Å². The first-order chi connectivity index (χ1) is 37.0. The minimum Gasteiger partial charge on any atom is -0.462 e. The maximum atomic E-state index is 12.8. The fourth-order valence-corrected chi connectivity index (χ4v) is 7.75. The van der Waals surface area contributed by atoms with Crippen molar-refractivity contribution in [2.75, 3.05) is 13.2 Å². The van der Waals surface area contributed by atoms with Crippen molar-refractivity contribution in [2.45, 2.75) is 258 Å². The second kappa shape index (κ2) is 61.8. The first-order valence-corrected chi connectivity index (χ1v) is 30.3. The van der Waals surface area contributed by atoms with Crippen LogP contribution in [0.25, 0.3) is 0 Å². The Kier molecular flexibility index (Phi) is 58.0. The Balaban J connectivity index is 4.34. The van der Waals surface area contributed by atoms with E-state index in [-0.39, 0.29) is 31.1 Å². The summed E-state index contributed by atoms with van der Waals surface area (Å²) >= 11 is 0. The van der Waals surface area contributed by atoms with Crippen LogP contribution in [0.4, 0.5) is 0 Å². The van der Waals surface area contributed by atoms with E-state index < -0.39 is 6.10 Å². The Morgan fingerprint density at radius 3 is 0.853 bits per heavy atom. The number of hydrogen-bond acceptors (Lipinski definition) is 6. The molecule has 75 heavy (non-hydrogen) atoms. The molecule has 6 nitrogen and oxygen atoms in total. The topological polar surface area (TPSA) is 78.9 Å². The van der Waals surface area contributed by atoms with Crippen LogP contribution in [0.15, 0.2) is 146 Å². The Labute approximate surface area is 461 Å². The van der Waals surface area contributed by atoms with Crippen molar-refractivity contribution in [2.24, 2.45) is 0 Å². The molecule has 0 N–H and O–H groups in total. The molecule has 0 aliphatic heterocycles. The maximum absolute atomic E-state index is 12.8. The summed E-state index contributed by atoms with van der Waals surface area (Å²) in [7, 11) is 0. The van der Waals surface area contributed by atoms with Crippen LogP contribution in [0.3, 0.4) is 0 Å². The third kappa shape index (κ3) is 60.0. The molecule has 6 heteroatoms. The average molecular weight is 1040 g/mol. The third-order valence-corrected chi connectivity index (χ3v) is 12.3. The van der Waals surface area contributed by atoms with Gasteiger partial charge >= 0.3 is 17.9 Å². The number of carbonyl (C=O) groups excluding carboxylic acids is 3. The van der Waals surface area contributed by atoms with Gasteiger partial charge in [-0.05, 0) is 148 Å². The van der Waals surface area contributed by atoms with Gasteiger partial charge in [-0.2, -0.15) is 0 Å². The van der Waals surface area contributed by atoms with Crippen LogP contribution >= 0.6 is 0 Å². The predicted molar refractivity (Wildman–Crippen MR) is 325 cm³/mol. The van der Waals surface area contributed by atoms with Crippen molar-refractivity contribution in [3.63, 3.8) is 0 Å². The minimum absolute atomic E-state index is 0.104. The molecule has 1 unspecified atom stereocenters. The maximum Gasteiger partial charge on any atom is 0.306 e. The summed E-state index contributed by atoms with van der Waals surface area (Å²) in [5.74, 6) is -0.973. The first-order valence-electron chi connectivity index (χ1n) is 30.3. The van der Waals surface area contributed by atoms with Crippen LogP contribution in [0, 0.1) is 0 Å². The highest BCUT2D eigenvalue weighted by molar-refractivity contribution is 5.71. The molecular formula is C69H110O6. The highest BCUT2D eigenvalue weighted by atomic mass is 16.6. The van der Waals surface area contributed by atoms with Crippen molar-refractivity contribution in [1.82, 2.24) is 0 Å². The van der Waals surface area contributed by atoms with Crippen molar-refractivity contribution < 1.29 is 28.6 Å². The molecule has 0 fully saturated rings. The van der Waals surface area contributed by atoms with Gasteiger partial charge in [0.05, 0.1) is 0 Å². The standard InChI is InChI=1S/C69H110O6/c1-4-7-10-13-16-19-22-25-26-27-28-29-30-31-32-33-34-35-36-37-38-39-40-41-42-43-44-45-48-50-53-56-59-62-68(71)74-65-66(75-69(72)63-60-57-54-51-47-24-21-18-15-12-9-6-3)64-73-67(70)61-58-55-52-49-46-23-20-17-14-11-8-5-2/h7,10,16-21,25-26,28-29,31-32,34-35,37-38,40-41,43-44,48,50,66H,4-6,8-9,11-15,22-24,27,30,33,36,39,42,45-47,49,51-65H2,1-3H3/b10-7-,19-16-,20-17-,21-18-,26-25-,29-28-,32-31-,35-34-,38-37-,41-40-,44-43-,50-48-. The van der Waals surface area contributed by atoms with Crippen LogP contribution in [0.1, 0.15) is 252 Å². The molecule has 0 aliphatic carbocycles. The molecule has 0 rings (SSSR count). The Morgan fingerprint density at radius 2 is 0.520 bits per heavy atom. The molecular weight excluding hydrogens is 925 g/mol. The van der Waals surface area contributed by atoms with Gasteiger partial charge in [0, 0.05) is 19.3 Å². The van der Waals surface area contributed by atoms with Gasteiger partial charge in [0.15, 0.2) is 6.10 Å². The lowest BCUT2D eigenvalue weighted by Crippen LogP contribution is -2.30. The smallest absolute Gasteiger partial charge is 0.306 e. The number of unbranched alkanes of at least 4 members (excludes halogenated alkanes) is 18. The van der Waals surface area contributed by atoms with E-state index in [1.165, 1.54) is 64.2 Å². The lowest BCUT2D eigenvalue weighted by atomic mass is 10.1. The van der Waals surface area contributed by atoms with E-state index >= 15 is 0 Å². The van der Waals surface area contributed by atoms with Gasteiger partial charge in [0.2, 0.25) is 0 Å². The van der Waals surface area contributed by atoms with E-state index in [9.17, 15) is 14.4 Å². The monoisotopic (exact) mass is 1030 g/mol. The molecule has 0 bridgehead atoms. The van der Waals surface area contributed by atoms with E-state index in [0.29, 0.717) is 25.7 Å². The average Bonchev–Trinajstić information content (AvgIpc) is 3.41. The molecule has 0 radical (unpaired) electrons. The largest absolute Gasteiger partial charge is 0.462 e. The number of allylic oxidation sites excluding steroid dienone is 24.